The Labute approximate surface area is 188 Å². The summed E-state index contributed by atoms with van der Waals surface area (Å²) < 4.78 is 12.0. The number of fused-ring (bicyclic) bond motifs is 4. The Balaban J connectivity index is 1.35. The molecule has 1 N–H and O–H groups in total. The highest BCUT2D eigenvalue weighted by molar-refractivity contribution is 6.30. The highest BCUT2D eigenvalue weighted by atomic mass is 35.5. The van der Waals surface area contributed by atoms with E-state index in [-0.39, 0.29) is 23.7 Å². The molecule has 3 saturated heterocycles. The van der Waals surface area contributed by atoms with Crippen LogP contribution in [0.3, 0.4) is 0 Å². The van der Waals surface area contributed by atoms with E-state index >= 15 is 0 Å². The van der Waals surface area contributed by atoms with Gasteiger partial charge in [-0.05, 0) is 61.2 Å². The van der Waals surface area contributed by atoms with E-state index in [9.17, 15) is 4.79 Å². The molecule has 3 fully saturated rings. The maximum Gasteiger partial charge on any atom is 0.407 e. The predicted molar refractivity (Wildman–Crippen MR) is 121 cm³/mol. The van der Waals surface area contributed by atoms with Crippen LogP contribution in [0.4, 0.5) is 4.79 Å². The lowest BCUT2D eigenvalue weighted by Crippen LogP contribution is -2.53. The third-order valence-electron chi connectivity index (χ3n) is 6.98. The molecule has 0 saturated carbocycles. The minimum Gasteiger partial charge on any atom is -0.493 e. The summed E-state index contributed by atoms with van der Waals surface area (Å²) in [6.45, 7) is 7.85. The zero-order chi connectivity index (χ0) is 21.6. The molecule has 4 aliphatic heterocycles. The molecule has 2 aromatic carbocycles. The SMILES string of the molecule is CC1(C)COc2cc(-c3cccc(Cl)c3)ccc2C1NC(=O)O[C@@H]1CN2CCC1CC2. The average molecular weight is 441 g/mol. The molecule has 2 bridgehead atoms. The first-order chi connectivity index (χ1) is 14.9. The van der Waals surface area contributed by atoms with Crippen LogP contribution in [0.1, 0.15) is 38.3 Å². The van der Waals surface area contributed by atoms with E-state index in [2.05, 4.69) is 30.1 Å². The van der Waals surface area contributed by atoms with Crippen LogP contribution in [0.15, 0.2) is 42.5 Å². The standard InChI is InChI=1S/C25H29ClN2O3/c1-25(2)15-30-21-13-18(17-4-3-5-19(26)12-17)6-7-20(21)23(25)27-24(29)31-22-14-28-10-8-16(22)9-11-28/h3-7,12-13,16,22-23H,8-11,14-15H2,1-2H3,(H,27,29)/t22-,23?/m1/s1. The summed E-state index contributed by atoms with van der Waals surface area (Å²) in [5.74, 6) is 1.29. The minimum atomic E-state index is -0.330. The molecular formula is C25H29ClN2O3. The zero-order valence-corrected chi connectivity index (χ0v) is 18.8. The van der Waals surface area contributed by atoms with Gasteiger partial charge in [-0.3, -0.25) is 4.90 Å². The maximum atomic E-state index is 12.9. The Kier molecular flexibility index (Phi) is 5.35. The van der Waals surface area contributed by atoms with Crippen molar-refractivity contribution in [3.8, 4) is 16.9 Å². The molecule has 4 aliphatic rings. The molecule has 0 spiro atoms. The van der Waals surface area contributed by atoms with Gasteiger partial charge >= 0.3 is 6.09 Å². The molecule has 1 unspecified atom stereocenters. The van der Waals surface area contributed by atoms with Gasteiger partial charge in [-0.15, -0.1) is 0 Å². The van der Waals surface area contributed by atoms with Crippen molar-refractivity contribution >= 4 is 17.7 Å². The van der Waals surface area contributed by atoms with Gasteiger partial charge in [0.05, 0.1) is 12.6 Å². The molecule has 1 amide bonds. The highest BCUT2D eigenvalue weighted by Gasteiger charge is 2.41. The maximum absolute atomic E-state index is 12.9. The van der Waals surface area contributed by atoms with Crippen LogP contribution < -0.4 is 10.1 Å². The van der Waals surface area contributed by atoms with E-state index in [1.165, 1.54) is 0 Å². The number of carbonyl (C=O) groups is 1. The summed E-state index contributed by atoms with van der Waals surface area (Å²) >= 11 is 6.16. The topological polar surface area (TPSA) is 50.8 Å². The number of nitrogens with one attached hydrogen (secondary N) is 1. The van der Waals surface area contributed by atoms with Crippen LogP contribution in [0.5, 0.6) is 5.75 Å². The molecular weight excluding hydrogens is 412 g/mol. The van der Waals surface area contributed by atoms with Crippen molar-refractivity contribution in [3.63, 3.8) is 0 Å². The Bertz CT molecular complexity index is 984. The first-order valence-electron chi connectivity index (χ1n) is 11.1. The number of halogens is 1. The van der Waals surface area contributed by atoms with Gasteiger partial charge in [0.15, 0.2) is 0 Å². The van der Waals surface area contributed by atoms with E-state index in [1.54, 1.807) is 0 Å². The average Bonchev–Trinajstić information content (AvgIpc) is 2.76. The molecule has 31 heavy (non-hydrogen) atoms. The molecule has 2 atom stereocenters. The largest absolute Gasteiger partial charge is 0.493 e. The molecule has 4 heterocycles. The lowest BCUT2D eigenvalue weighted by molar-refractivity contribution is -0.0361. The zero-order valence-electron chi connectivity index (χ0n) is 18.1. The summed E-state index contributed by atoms with van der Waals surface area (Å²) in [5.41, 5.74) is 2.80. The Morgan fingerprint density at radius 2 is 1.94 bits per heavy atom. The number of benzene rings is 2. The smallest absolute Gasteiger partial charge is 0.407 e. The predicted octanol–water partition coefficient (Wildman–Crippen LogP) is 5.29. The molecule has 6 rings (SSSR count). The van der Waals surface area contributed by atoms with E-state index in [0.717, 1.165) is 54.9 Å². The van der Waals surface area contributed by atoms with Crippen molar-refractivity contribution in [1.29, 1.82) is 0 Å². The third-order valence-corrected chi connectivity index (χ3v) is 7.22. The van der Waals surface area contributed by atoms with Gasteiger partial charge < -0.3 is 14.8 Å². The number of hydrogen-bond acceptors (Lipinski definition) is 4. The number of alkyl carbamates (subject to hydrolysis) is 1. The number of ether oxygens (including phenoxy) is 2. The van der Waals surface area contributed by atoms with Crippen molar-refractivity contribution in [2.24, 2.45) is 11.3 Å². The molecule has 6 heteroatoms. The van der Waals surface area contributed by atoms with Crippen LogP contribution in [0, 0.1) is 11.3 Å². The van der Waals surface area contributed by atoms with Gasteiger partial charge in [-0.25, -0.2) is 4.79 Å². The number of carbonyl (C=O) groups excluding carboxylic acids is 1. The fourth-order valence-electron chi connectivity index (χ4n) is 5.12. The molecule has 0 aliphatic carbocycles. The van der Waals surface area contributed by atoms with Crippen LogP contribution in [0.2, 0.25) is 5.02 Å². The van der Waals surface area contributed by atoms with Gasteiger partial charge in [-0.2, -0.15) is 0 Å². The molecule has 5 nitrogen and oxygen atoms in total. The lowest BCUT2D eigenvalue weighted by Gasteiger charge is -2.44. The number of rotatable bonds is 3. The summed E-state index contributed by atoms with van der Waals surface area (Å²) in [6, 6.07) is 13.7. The van der Waals surface area contributed by atoms with Gasteiger partial charge in [0.25, 0.3) is 0 Å². The molecule has 164 valence electrons. The van der Waals surface area contributed by atoms with Crippen LogP contribution in [0.25, 0.3) is 11.1 Å². The van der Waals surface area contributed by atoms with Crippen molar-refractivity contribution in [3.05, 3.63) is 53.1 Å². The van der Waals surface area contributed by atoms with E-state index < -0.39 is 0 Å². The fourth-order valence-corrected chi connectivity index (χ4v) is 5.31. The normalized spacial score (nSPS) is 28.4. The summed E-state index contributed by atoms with van der Waals surface area (Å²) in [4.78, 5) is 15.3. The van der Waals surface area contributed by atoms with Gasteiger partial charge in [0, 0.05) is 22.5 Å². The fraction of sp³-hybridized carbons (Fsp3) is 0.480. The van der Waals surface area contributed by atoms with Crippen LogP contribution in [-0.4, -0.2) is 43.3 Å². The molecule has 0 aromatic heterocycles. The summed E-state index contributed by atoms with van der Waals surface area (Å²) in [7, 11) is 0. The highest BCUT2D eigenvalue weighted by Crippen LogP contribution is 2.44. The second-order valence-electron chi connectivity index (χ2n) is 9.70. The van der Waals surface area contributed by atoms with Crippen molar-refractivity contribution in [1.82, 2.24) is 10.2 Å². The quantitative estimate of drug-likeness (QED) is 0.704. The van der Waals surface area contributed by atoms with Crippen LogP contribution in [-0.2, 0) is 4.74 Å². The molecule has 2 aromatic rings. The Hall–Kier alpha value is -2.24. The van der Waals surface area contributed by atoms with Gasteiger partial charge in [-0.1, -0.05) is 49.7 Å². The van der Waals surface area contributed by atoms with E-state index in [1.807, 2.05) is 36.4 Å². The van der Waals surface area contributed by atoms with E-state index in [0.29, 0.717) is 17.5 Å². The number of piperidine rings is 3. The monoisotopic (exact) mass is 440 g/mol. The lowest BCUT2D eigenvalue weighted by atomic mass is 9.78. The number of amides is 1. The number of hydrogen-bond donors (Lipinski definition) is 1. The Morgan fingerprint density at radius 1 is 1.16 bits per heavy atom. The second-order valence-corrected chi connectivity index (χ2v) is 10.1. The third kappa shape index (κ3) is 4.13. The number of nitrogens with zero attached hydrogens (tertiary/aromatic N) is 1. The summed E-state index contributed by atoms with van der Waals surface area (Å²) in [5, 5.41) is 3.86. The summed E-state index contributed by atoms with van der Waals surface area (Å²) in [6.07, 6.45) is 1.91. The molecule has 0 radical (unpaired) electrons. The van der Waals surface area contributed by atoms with Gasteiger partial charge in [0.1, 0.15) is 11.9 Å². The van der Waals surface area contributed by atoms with Crippen molar-refractivity contribution in [2.45, 2.75) is 38.8 Å². The Morgan fingerprint density at radius 3 is 2.65 bits per heavy atom. The van der Waals surface area contributed by atoms with Gasteiger partial charge in [0.2, 0.25) is 0 Å². The van der Waals surface area contributed by atoms with Crippen LogP contribution >= 0.6 is 11.6 Å². The second kappa shape index (κ2) is 8.03. The van der Waals surface area contributed by atoms with Crippen molar-refractivity contribution in [2.75, 3.05) is 26.2 Å². The first kappa shape index (κ1) is 20.7. The minimum absolute atomic E-state index is 0.00451. The first-order valence-corrected chi connectivity index (χ1v) is 11.5. The van der Waals surface area contributed by atoms with E-state index in [4.69, 9.17) is 21.1 Å². The van der Waals surface area contributed by atoms with Crippen molar-refractivity contribution < 1.29 is 14.3 Å².